The van der Waals surface area contributed by atoms with E-state index in [0.717, 1.165) is 5.56 Å². The number of pyridine rings is 1. The van der Waals surface area contributed by atoms with E-state index in [0.29, 0.717) is 23.8 Å². The van der Waals surface area contributed by atoms with Crippen molar-refractivity contribution in [3.63, 3.8) is 0 Å². The van der Waals surface area contributed by atoms with Crippen molar-refractivity contribution in [1.82, 2.24) is 4.98 Å². The number of carbonyl (C=O) groups is 1. The minimum atomic E-state index is -0.130. The van der Waals surface area contributed by atoms with Gasteiger partial charge in [-0.3, -0.25) is 4.79 Å². The van der Waals surface area contributed by atoms with Gasteiger partial charge in [-0.2, -0.15) is 0 Å². The molecule has 1 aliphatic heterocycles. The molecule has 0 bridgehead atoms. The molecule has 0 spiro atoms. The standard InChI is InChI=1S/C10H10Cl2N2O/c1-6-2-8(10(12)13-4-6)14-5-7(11)3-9(14)15/h2,4,7H,3,5H2,1H3. The van der Waals surface area contributed by atoms with Gasteiger partial charge in [0.25, 0.3) is 0 Å². The molecule has 1 aromatic rings. The maximum atomic E-state index is 11.6. The summed E-state index contributed by atoms with van der Waals surface area (Å²) >= 11 is 11.9. The first-order valence-corrected chi connectivity index (χ1v) is 5.46. The van der Waals surface area contributed by atoms with Gasteiger partial charge in [0.1, 0.15) is 0 Å². The molecule has 2 rings (SSSR count). The molecule has 80 valence electrons. The van der Waals surface area contributed by atoms with Crippen molar-refractivity contribution in [3.8, 4) is 0 Å². The number of hydrogen-bond donors (Lipinski definition) is 0. The van der Waals surface area contributed by atoms with Crippen LogP contribution in [0.5, 0.6) is 0 Å². The third kappa shape index (κ3) is 2.08. The van der Waals surface area contributed by atoms with Crippen LogP contribution in [0, 0.1) is 6.92 Å². The number of nitrogens with zero attached hydrogens (tertiary/aromatic N) is 2. The summed E-state index contributed by atoms with van der Waals surface area (Å²) in [5, 5.41) is 0.216. The molecule has 5 heteroatoms. The van der Waals surface area contributed by atoms with Gasteiger partial charge in [0.05, 0.1) is 11.1 Å². The fourth-order valence-corrected chi connectivity index (χ4v) is 2.10. The Kier molecular flexibility index (Phi) is 2.85. The van der Waals surface area contributed by atoms with Crippen LogP contribution in [0.3, 0.4) is 0 Å². The SMILES string of the molecule is Cc1cnc(Cl)c(N2CC(Cl)CC2=O)c1. The van der Waals surface area contributed by atoms with Gasteiger partial charge in [0.2, 0.25) is 5.91 Å². The first-order valence-electron chi connectivity index (χ1n) is 4.64. The van der Waals surface area contributed by atoms with Crippen LogP contribution in [0.15, 0.2) is 12.3 Å². The van der Waals surface area contributed by atoms with Crippen molar-refractivity contribution >= 4 is 34.8 Å². The number of rotatable bonds is 1. The maximum absolute atomic E-state index is 11.6. The molecular weight excluding hydrogens is 235 g/mol. The first-order chi connectivity index (χ1) is 7.08. The second-order valence-electron chi connectivity index (χ2n) is 3.63. The van der Waals surface area contributed by atoms with E-state index in [1.54, 1.807) is 11.1 Å². The molecule has 2 heterocycles. The Balaban J connectivity index is 2.37. The highest BCUT2D eigenvalue weighted by atomic mass is 35.5. The molecule has 1 aromatic heterocycles. The van der Waals surface area contributed by atoms with Crippen molar-refractivity contribution in [2.24, 2.45) is 0 Å². The normalized spacial score (nSPS) is 21.1. The van der Waals surface area contributed by atoms with E-state index in [9.17, 15) is 4.79 Å². The lowest BCUT2D eigenvalue weighted by molar-refractivity contribution is -0.117. The molecule has 1 fully saturated rings. The number of alkyl halides is 1. The zero-order chi connectivity index (χ0) is 11.0. The predicted octanol–water partition coefficient (Wildman–Crippen LogP) is 2.39. The molecular formula is C10H10Cl2N2O. The second-order valence-corrected chi connectivity index (χ2v) is 4.60. The minimum absolute atomic E-state index is 0.00398. The lowest BCUT2D eigenvalue weighted by atomic mass is 10.3. The predicted molar refractivity (Wildman–Crippen MR) is 60.6 cm³/mol. The van der Waals surface area contributed by atoms with Gasteiger partial charge in [-0.15, -0.1) is 11.6 Å². The number of amides is 1. The third-order valence-corrected chi connectivity index (χ3v) is 2.91. The van der Waals surface area contributed by atoms with Gasteiger partial charge in [0.15, 0.2) is 5.15 Å². The number of aryl methyl sites for hydroxylation is 1. The van der Waals surface area contributed by atoms with Crippen molar-refractivity contribution in [3.05, 3.63) is 23.0 Å². The second kappa shape index (κ2) is 3.99. The molecule has 1 amide bonds. The molecule has 0 aromatic carbocycles. The molecule has 1 aliphatic rings. The number of halogens is 2. The van der Waals surface area contributed by atoms with Crippen molar-refractivity contribution in [1.29, 1.82) is 0 Å². The Hall–Kier alpha value is -0.800. The zero-order valence-corrected chi connectivity index (χ0v) is 9.72. The lowest BCUT2D eigenvalue weighted by Gasteiger charge is -2.17. The minimum Gasteiger partial charge on any atom is -0.308 e. The highest BCUT2D eigenvalue weighted by Gasteiger charge is 2.30. The maximum Gasteiger partial charge on any atom is 0.228 e. The van der Waals surface area contributed by atoms with Crippen LogP contribution >= 0.6 is 23.2 Å². The van der Waals surface area contributed by atoms with Crippen LogP contribution in [-0.4, -0.2) is 22.8 Å². The van der Waals surface area contributed by atoms with E-state index in [-0.39, 0.29) is 11.3 Å². The summed E-state index contributed by atoms with van der Waals surface area (Å²) in [5.74, 6) is 0.00398. The van der Waals surface area contributed by atoms with Crippen LogP contribution in [0.1, 0.15) is 12.0 Å². The van der Waals surface area contributed by atoms with E-state index in [4.69, 9.17) is 23.2 Å². The quantitative estimate of drug-likeness (QED) is 0.562. The molecule has 0 N–H and O–H groups in total. The van der Waals surface area contributed by atoms with E-state index >= 15 is 0 Å². The summed E-state index contributed by atoms with van der Waals surface area (Å²) in [7, 11) is 0. The number of carbonyl (C=O) groups excluding carboxylic acids is 1. The van der Waals surface area contributed by atoms with E-state index < -0.39 is 0 Å². The molecule has 1 saturated heterocycles. The van der Waals surface area contributed by atoms with Gasteiger partial charge in [-0.05, 0) is 18.6 Å². The Labute approximate surface area is 98.0 Å². The fourth-order valence-electron chi connectivity index (χ4n) is 1.62. The topological polar surface area (TPSA) is 33.2 Å². The Morgan fingerprint density at radius 1 is 1.60 bits per heavy atom. The van der Waals surface area contributed by atoms with Crippen LogP contribution < -0.4 is 4.90 Å². The molecule has 0 aliphatic carbocycles. The smallest absolute Gasteiger partial charge is 0.228 e. The van der Waals surface area contributed by atoms with Crippen LogP contribution in [0.4, 0.5) is 5.69 Å². The molecule has 0 saturated carbocycles. The first kappa shape index (κ1) is 10.7. The van der Waals surface area contributed by atoms with Crippen LogP contribution in [0.2, 0.25) is 5.15 Å². The van der Waals surface area contributed by atoms with Crippen LogP contribution in [0.25, 0.3) is 0 Å². The monoisotopic (exact) mass is 244 g/mol. The summed E-state index contributed by atoms with van der Waals surface area (Å²) < 4.78 is 0. The Morgan fingerprint density at radius 2 is 2.33 bits per heavy atom. The average molecular weight is 245 g/mol. The molecule has 0 radical (unpaired) electrons. The summed E-state index contributed by atoms with van der Waals surface area (Å²) in [6, 6.07) is 1.85. The van der Waals surface area contributed by atoms with Gasteiger partial charge >= 0.3 is 0 Å². The Morgan fingerprint density at radius 3 is 2.93 bits per heavy atom. The van der Waals surface area contributed by atoms with Crippen molar-refractivity contribution < 1.29 is 4.79 Å². The van der Waals surface area contributed by atoms with Crippen molar-refractivity contribution in [2.75, 3.05) is 11.4 Å². The lowest BCUT2D eigenvalue weighted by Crippen LogP contribution is -2.25. The van der Waals surface area contributed by atoms with Gasteiger partial charge in [-0.1, -0.05) is 11.6 Å². The third-order valence-electron chi connectivity index (χ3n) is 2.33. The molecule has 3 nitrogen and oxygen atoms in total. The van der Waals surface area contributed by atoms with Gasteiger partial charge in [-0.25, -0.2) is 4.98 Å². The Bertz CT molecular complexity index is 408. The van der Waals surface area contributed by atoms with E-state index in [2.05, 4.69) is 4.98 Å². The highest BCUT2D eigenvalue weighted by Crippen LogP contribution is 2.29. The van der Waals surface area contributed by atoms with Gasteiger partial charge in [0, 0.05) is 19.2 Å². The zero-order valence-electron chi connectivity index (χ0n) is 8.20. The van der Waals surface area contributed by atoms with Crippen LogP contribution in [-0.2, 0) is 4.79 Å². The molecule has 1 unspecified atom stereocenters. The fraction of sp³-hybridized carbons (Fsp3) is 0.400. The van der Waals surface area contributed by atoms with Crippen molar-refractivity contribution in [2.45, 2.75) is 18.7 Å². The average Bonchev–Trinajstić information content (AvgIpc) is 2.50. The summed E-state index contributed by atoms with van der Waals surface area (Å²) in [4.78, 5) is 17.2. The number of anilines is 1. The van der Waals surface area contributed by atoms with E-state index in [1.807, 2.05) is 13.0 Å². The van der Waals surface area contributed by atoms with E-state index in [1.165, 1.54) is 0 Å². The number of aromatic nitrogens is 1. The summed E-state index contributed by atoms with van der Waals surface area (Å²) in [6.45, 7) is 2.41. The summed E-state index contributed by atoms with van der Waals surface area (Å²) in [6.07, 6.45) is 2.04. The summed E-state index contributed by atoms with van der Waals surface area (Å²) in [5.41, 5.74) is 1.63. The number of hydrogen-bond acceptors (Lipinski definition) is 2. The largest absolute Gasteiger partial charge is 0.308 e. The molecule has 1 atom stereocenters. The highest BCUT2D eigenvalue weighted by molar-refractivity contribution is 6.33. The van der Waals surface area contributed by atoms with Gasteiger partial charge < -0.3 is 4.90 Å². The molecule has 15 heavy (non-hydrogen) atoms.